The first kappa shape index (κ1) is 15.4. The topological polar surface area (TPSA) is 75.6 Å². The van der Waals surface area contributed by atoms with Crippen LogP contribution < -0.4 is 5.32 Å². The van der Waals surface area contributed by atoms with Crippen LogP contribution >= 0.6 is 11.3 Å². The van der Waals surface area contributed by atoms with Crippen LogP contribution in [0.25, 0.3) is 0 Å². The average Bonchev–Trinajstić information content (AvgIpc) is 2.90. The van der Waals surface area contributed by atoms with E-state index >= 15 is 0 Å². The van der Waals surface area contributed by atoms with Gasteiger partial charge in [-0.05, 0) is 18.4 Å². The molecule has 1 aromatic rings. The molecule has 0 aromatic carbocycles. The fourth-order valence-corrected chi connectivity index (χ4v) is 2.19. The van der Waals surface area contributed by atoms with Crippen LogP contribution in [0.15, 0.2) is 30.2 Å². The predicted octanol–water partition coefficient (Wildman–Crippen LogP) is 1.62. The minimum absolute atomic E-state index is 0.0791. The quantitative estimate of drug-likeness (QED) is 0.561. The molecule has 2 atom stereocenters. The largest absolute Gasteiger partial charge is 0.480 e. The zero-order chi connectivity index (χ0) is 14.3. The van der Waals surface area contributed by atoms with Gasteiger partial charge in [-0.2, -0.15) is 0 Å². The Kier molecular flexibility index (Phi) is 6.24. The molecule has 0 fully saturated rings. The molecule has 0 aliphatic heterocycles. The van der Waals surface area contributed by atoms with Crippen LogP contribution in [0, 0.1) is 0 Å². The molecule has 6 heteroatoms. The molecule has 1 rings (SSSR count). The van der Waals surface area contributed by atoms with E-state index in [1.165, 1.54) is 17.4 Å². The summed E-state index contributed by atoms with van der Waals surface area (Å²) < 4.78 is 5.07. The van der Waals surface area contributed by atoms with E-state index in [4.69, 9.17) is 9.84 Å². The van der Waals surface area contributed by atoms with Crippen LogP contribution in [0.3, 0.4) is 0 Å². The number of amides is 1. The molecule has 5 nitrogen and oxygen atoms in total. The third-order valence-corrected chi connectivity index (χ3v) is 3.55. The Labute approximate surface area is 115 Å². The molecule has 2 unspecified atom stereocenters. The molecule has 0 aliphatic rings. The minimum Gasteiger partial charge on any atom is -0.480 e. The Morgan fingerprint density at radius 3 is 2.89 bits per heavy atom. The molecule has 0 bridgehead atoms. The zero-order valence-corrected chi connectivity index (χ0v) is 11.5. The standard InChI is InChI=1S/C13H17NO4S/c1-3-6-18-8-10(13(16)17)14-12(15)9(2)11-5-4-7-19-11/h3-5,7,9-10H,1,6,8H2,2H3,(H,14,15)(H,16,17). The van der Waals surface area contributed by atoms with E-state index in [1.807, 2.05) is 17.5 Å². The van der Waals surface area contributed by atoms with Crippen LogP contribution in [0.5, 0.6) is 0 Å². The van der Waals surface area contributed by atoms with Gasteiger partial charge in [-0.15, -0.1) is 17.9 Å². The van der Waals surface area contributed by atoms with Crippen molar-refractivity contribution < 1.29 is 19.4 Å². The van der Waals surface area contributed by atoms with E-state index in [-0.39, 0.29) is 25.0 Å². The van der Waals surface area contributed by atoms with Gasteiger partial charge < -0.3 is 15.2 Å². The monoisotopic (exact) mass is 283 g/mol. The number of carboxylic acid groups (broad SMARTS) is 1. The lowest BCUT2D eigenvalue weighted by Crippen LogP contribution is -2.45. The van der Waals surface area contributed by atoms with Crippen molar-refractivity contribution >= 4 is 23.2 Å². The number of hydrogen-bond donors (Lipinski definition) is 2. The van der Waals surface area contributed by atoms with Crippen LogP contribution in [-0.4, -0.2) is 36.2 Å². The minimum atomic E-state index is -1.12. The molecule has 1 amide bonds. The SMILES string of the molecule is C=CCOCC(NC(=O)C(C)c1cccs1)C(=O)O. The first-order valence-corrected chi connectivity index (χ1v) is 6.69. The molecule has 2 N–H and O–H groups in total. The van der Waals surface area contributed by atoms with E-state index in [2.05, 4.69) is 11.9 Å². The van der Waals surface area contributed by atoms with Gasteiger partial charge in [-0.3, -0.25) is 4.79 Å². The fraction of sp³-hybridized carbons (Fsp3) is 0.385. The Bertz CT molecular complexity index is 430. The molecule has 0 saturated carbocycles. The van der Waals surface area contributed by atoms with Crippen molar-refractivity contribution in [1.29, 1.82) is 0 Å². The highest BCUT2D eigenvalue weighted by molar-refractivity contribution is 7.10. The zero-order valence-electron chi connectivity index (χ0n) is 10.7. The van der Waals surface area contributed by atoms with Crippen LogP contribution in [0.2, 0.25) is 0 Å². The van der Waals surface area contributed by atoms with Crippen molar-refractivity contribution in [2.75, 3.05) is 13.2 Å². The first-order chi connectivity index (χ1) is 9.06. The summed E-state index contributed by atoms with van der Waals surface area (Å²) in [4.78, 5) is 23.9. The summed E-state index contributed by atoms with van der Waals surface area (Å²) in [5.74, 6) is -1.81. The molecular formula is C13H17NO4S. The van der Waals surface area contributed by atoms with E-state index in [1.54, 1.807) is 6.92 Å². The number of thiophene rings is 1. The summed E-state index contributed by atoms with van der Waals surface area (Å²) in [5, 5.41) is 13.4. The second kappa shape index (κ2) is 7.70. The number of carboxylic acids is 1. The molecule has 0 saturated heterocycles. The Balaban J connectivity index is 2.55. The van der Waals surface area contributed by atoms with Crippen molar-refractivity contribution in [3.05, 3.63) is 35.0 Å². The van der Waals surface area contributed by atoms with Crippen molar-refractivity contribution in [3.63, 3.8) is 0 Å². The number of rotatable bonds is 8. The van der Waals surface area contributed by atoms with Gasteiger partial charge in [-0.25, -0.2) is 4.79 Å². The summed E-state index contributed by atoms with van der Waals surface area (Å²) >= 11 is 1.46. The predicted molar refractivity (Wildman–Crippen MR) is 73.3 cm³/mol. The lowest BCUT2D eigenvalue weighted by Gasteiger charge is -2.17. The van der Waals surface area contributed by atoms with Gasteiger partial charge in [0.25, 0.3) is 0 Å². The molecule has 0 radical (unpaired) electrons. The Hall–Kier alpha value is -1.66. The van der Waals surface area contributed by atoms with Gasteiger partial charge in [0.2, 0.25) is 5.91 Å². The molecule has 1 heterocycles. The number of nitrogens with one attached hydrogen (secondary N) is 1. The summed E-state index contributed by atoms with van der Waals surface area (Å²) in [6, 6.07) is 2.65. The highest BCUT2D eigenvalue weighted by Crippen LogP contribution is 2.20. The van der Waals surface area contributed by atoms with Crippen molar-refractivity contribution in [3.8, 4) is 0 Å². The van der Waals surface area contributed by atoms with Crippen molar-refractivity contribution in [2.24, 2.45) is 0 Å². The Morgan fingerprint density at radius 2 is 2.37 bits per heavy atom. The summed E-state index contributed by atoms with van der Waals surface area (Å²) in [5.41, 5.74) is 0. The van der Waals surface area contributed by atoms with Crippen LogP contribution in [0.1, 0.15) is 17.7 Å². The van der Waals surface area contributed by atoms with Crippen molar-refractivity contribution in [1.82, 2.24) is 5.32 Å². The summed E-state index contributed by atoms with van der Waals surface area (Å²) in [6.07, 6.45) is 1.52. The second-order valence-corrected chi connectivity index (χ2v) is 4.94. The van der Waals surface area contributed by atoms with Gasteiger partial charge in [0.05, 0.1) is 19.1 Å². The lowest BCUT2D eigenvalue weighted by atomic mass is 10.1. The third kappa shape index (κ3) is 4.84. The van der Waals surface area contributed by atoms with Gasteiger partial charge in [-0.1, -0.05) is 12.1 Å². The lowest BCUT2D eigenvalue weighted by molar-refractivity contribution is -0.143. The van der Waals surface area contributed by atoms with Gasteiger partial charge in [0.15, 0.2) is 6.04 Å². The summed E-state index contributed by atoms with van der Waals surface area (Å²) in [7, 11) is 0. The maximum Gasteiger partial charge on any atom is 0.328 e. The summed E-state index contributed by atoms with van der Waals surface area (Å²) in [6.45, 7) is 5.38. The third-order valence-electron chi connectivity index (χ3n) is 2.50. The van der Waals surface area contributed by atoms with Crippen molar-refractivity contribution in [2.45, 2.75) is 18.9 Å². The average molecular weight is 283 g/mol. The maximum atomic E-state index is 11.9. The van der Waals surface area contributed by atoms with E-state index in [9.17, 15) is 9.59 Å². The van der Waals surface area contributed by atoms with Gasteiger partial charge >= 0.3 is 5.97 Å². The fourth-order valence-electron chi connectivity index (χ4n) is 1.41. The maximum absolute atomic E-state index is 11.9. The first-order valence-electron chi connectivity index (χ1n) is 5.81. The molecule has 1 aromatic heterocycles. The smallest absolute Gasteiger partial charge is 0.328 e. The molecule has 0 aliphatic carbocycles. The van der Waals surface area contributed by atoms with Gasteiger partial charge in [0, 0.05) is 4.88 Å². The highest BCUT2D eigenvalue weighted by Gasteiger charge is 2.24. The van der Waals surface area contributed by atoms with E-state index in [0.717, 1.165) is 4.88 Å². The molecule has 104 valence electrons. The molecular weight excluding hydrogens is 266 g/mol. The highest BCUT2D eigenvalue weighted by atomic mass is 32.1. The number of ether oxygens (including phenoxy) is 1. The number of carbonyl (C=O) groups is 2. The molecule has 0 spiro atoms. The van der Waals surface area contributed by atoms with E-state index in [0.29, 0.717) is 0 Å². The van der Waals surface area contributed by atoms with Crippen LogP contribution in [0.4, 0.5) is 0 Å². The van der Waals surface area contributed by atoms with E-state index < -0.39 is 12.0 Å². The number of aliphatic carboxylic acids is 1. The Morgan fingerprint density at radius 1 is 1.63 bits per heavy atom. The van der Waals surface area contributed by atoms with Gasteiger partial charge in [0.1, 0.15) is 0 Å². The number of hydrogen-bond acceptors (Lipinski definition) is 4. The number of carbonyl (C=O) groups excluding carboxylic acids is 1. The van der Waals surface area contributed by atoms with Crippen LogP contribution in [-0.2, 0) is 14.3 Å². The molecule has 19 heavy (non-hydrogen) atoms. The second-order valence-electron chi connectivity index (χ2n) is 3.96. The normalized spacial score (nSPS) is 13.5.